The van der Waals surface area contributed by atoms with E-state index in [1.807, 2.05) is 0 Å². The third-order valence-corrected chi connectivity index (χ3v) is 3.70. The van der Waals surface area contributed by atoms with Gasteiger partial charge in [0.15, 0.2) is 0 Å². The summed E-state index contributed by atoms with van der Waals surface area (Å²) in [5, 5.41) is -0.190. The Hall–Kier alpha value is -0.420. The van der Waals surface area contributed by atoms with Gasteiger partial charge in [-0.15, -0.1) is 0 Å². The lowest BCUT2D eigenvalue weighted by atomic mass is 10.3. The number of rotatable bonds is 5. The van der Waals surface area contributed by atoms with E-state index in [2.05, 4.69) is 4.72 Å². The molecule has 0 saturated heterocycles. The summed E-state index contributed by atoms with van der Waals surface area (Å²) in [7, 11) is -3.08. The van der Waals surface area contributed by atoms with Gasteiger partial charge in [-0.1, -0.05) is 0 Å². The van der Waals surface area contributed by atoms with Crippen LogP contribution in [0.1, 0.15) is 26.2 Å². The van der Waals surface area contributed by atoms with Gasteiger partial charge in [0.25, 0.3) is 0 Å². The van der Waals surface area contributed by atoms with Crippen molar-refractivity contribution in [3.63, 3.8) is 0 Å². The van der Waals surface area contributed by atoms with E-state index in [0.717, 1.165) is 12.8 Å². The molecule has 1 fully saturated rings. The van der Waals surface area contributed by atoms with Gasteiger partial charge in [-0.3, -0.25) is 4.79 Å². The van der Waals surface area contributed by atoms with E-state index in [9.17, 15) is 13.2 Å². The smallest absolute Gasteiger partial charge is 0.214 e. The van der Waals surface area contributed by atoms with Crippen LogP contribution in [0, 0.1) is 0 Å². The number of Topliss-reactive ketones (excluding diaryl/α,β-unsaturated/α-hetero) is 1. The maximum Gasteiger partial charge on any atom is 0.214 e. The molecule has 0 bridgehead atoms. The second-order valence-electron chi connectivity index (χ2n) is 3.09. The van der Waals surface area contributed by atoms with Crippen LogP contribution in [0.4, 0.5) is 0 Å². The molecule has 1 aliphatic rings. The van der Waals surface area contributed by atoms with Crippen molar-refractivity contribution in [1.82, 2.24) is 4.72 Å². The molecule has 70 valence electrons. The number of hydrogen-bond donors (Lipinski definition) is 1. The van der Waals surface area contributed by atoms with Crippen LogP contribution in [0.5, 0.6) is 0 Å². The summed E-state index contributed by atoms with van der Waals surface area (Å²) < 4.78 is 24.7. The van der Waals surface area contributed by atoms with Crippen molar-refractivity contribution in [1.29, 1.82) is 0 Å². The molecule has 0 aromatic heterocycles. The van der Waals surface area contributed by atoms with Crippen LogP contribution in [-0.4, -0.2) is 26.0 Å². The number of nitrogens with one attached hydrogen (secondary N) is 1. The molecule has 1 rings (SSSR count). The van der Waals surface area contributed by atoms with Gasteiger partial charge < -0.3 is 0 Å². The van der Waals surface area contributed by atoms with E-state index in [1.165, 1.54) is 6.92 Å². The third-order valence-electron chi connectivity index (χ3n) is 1.74. The van der Waals surface area contributed by atoms with Gasteiger partial charge in [0, 0.05) is 13.0 Å². The zero-order valence-electron chi connectivity index (χ0n) is 7.04. The fraction of sp³-hybridized carbons (Fsp3) is 0.857. The molecule has 1 aliphatic carbocycles. The number of hydrogen-bond acceptors (Lipinski definition) is 3. The Labute approximate surface area is 72.4 Å². The monoisotopic (exact) mass is 191 g/mol. The molecule has 0 radical (unpaired) electrons. The maximum absolute atomic E-state index is 11.2. The van der Waals surface area contributed by atoms with Crippen molar-refractivity contribution in [3.05, 3.63) is 0 Å². The zero-order chi connectivity index (χ0) is 9.19. The van der Waals surface area contributed by atoms with Gasteiger partial charge in [-0.2, -0.15) is 0 Å². The first-order valence-corrected chi connectivity index (χ1v) is 5.55. The van der Waals surface area contributed by atoms with Gasteiger partial charge in [0.05, 0.1) is 5.25 Å². The number of carbonyl (C=O) groups excluding carboxylic acids is 1. The quantitative estimate of drug-likeness (QED) is 0.667. The van der Waals surface area contributed by atoms with E-state index >= 15 is 0 Å². The van der Waals surface area contributed by atoms with Crippen molar-refractivity contribution < 1.29 is 13.2 Å². The summed E-state index contributed by atoms with van der Waals surface area (Å²) in [5.41, 5.74) is 0. The van der Waals surface area contributed by atoms with Gasteiger partial charge in [0.2, 0.25) is 10.0 Å². The molecular formula is C7H13NO3S. The molecule has 12 heavy (non-hydrogen) atoms. The maximum atomic E-state index is 11.2. The standard InChI is InChI=1S/C7H13NO3S/c1-6(9)4-5-8-12(10,11)7-2-3-7/h7-8H,2-5H2,1H3. The Kier molecular flexibility index (Phi) is 2.85. The van der Waals surface area contributed by atoms with E-state index in [-0.39, 0.29) is 24.0 Å². The molecule has 0 amide bonds. The van der Waals surface area contributed by atoms with E-state index in [4.69, 9.17) is 0 Å². The van der Waals surface area contributed by atoms with Gasteiger partial charge >= 0.3 is 0 Å². The topological polar surface area (TPSA) is 63.2 Å². The zero-order valence-corrected chi connectivity index (χ0v) is 7.86. The minimum atomic E-state index is -3.08. The lowest BCUT2D eigenvalue weighted by Gasteiger charge is -2.02. The molecule has 1 N–H and O–H groups in total. The number of ketones is 1. The predicted octanol–water partition coefficient (Wildman–Crippen LogP) is 0.0473. The minimum Gasteiger partial charge on any atom is -0.300 e. The second kappa shape index (κ2) is 3.53. The van der Waals surface area contributed by atoms with Crippen LogP contribution in [0.25, 0.3) is 0 Å². The molecule has 0 atom stereocenters. The van der Waals surface area contributed by atoms with Crippen LogP contribution in [0.2, 0.25) is 0 Å². The molecule has 5 heteroatoms. The van der Waals surface area contributed by atoms with Crippen LogP contribution in [-0.2, 0) is 14.8 Å². The lowest BCUT2D eigenvalue weighted by Crippen LogP contribution is -2.28. The highest BCUT2D eigenvalue weighted by molar-refractivity contribution is 7.90. The van der Waals surface area contributed by atoms with E-state index in [1.54, 1.807) is 0 Å². The summed E-state index contributed by atoms with van der Waals surface area (Å²) in [5.74, 6) is 0.00787. The van der Waals surface area contributed by atoms with Gasteiger partial charge in [-0.05, 0) is 19.8 Å². The summed E-state index contributed by atoms with van der Waals surface area (Å²) in [6.07, 6.45) is 1.80. The molecule has 0 aromatic rings. The van der Waals surface area contributed by atoms with E-state index < -0.39 is 10.0 Å². The van der Waals surface area contributed by atoms with Crippen molar-refractivity contribution in [2.24, 2.45) is 0 Å². The second-order valence-corrected chi connectivity index (χ2v) is 5.14. The molecule has 4 nitrogen and oxygen atoms in total. The minimum absolute atomic E-state index is 0.00787. The highest BCUT2D eigenvalue weighted by Crippen LogP contribution is 2.27. The largest absolute Gasteiger partial charge is 0.300 e. The highest BCUT2D eigenvalue weighted by Gasteiger charge is 2.35. The average Bonchev–Trinajstić information content (AvgIpc) is 2.65. The molecule has 0 unspecified atom stereocenters. The van der Waals surface area contributed by atoms with Crippen LogP contribution in [0.3, 0.4) is 0 Å². The molecule has 0 heterocycles. The van der Waals surface area contributed by atoms with Crippen molar-refractivity contribution >= 4 is 15.8 Å². The van der Waals surface area contributed by atoms with E-state index in [0.29, 0.717) is 0 Å². The SMILES string of the molecule is CC(=O)CCNS(=O)(=O)C1CC1. The van der Waals surface area contributed by atoms with Gasteiger partial charge in [0.1, 0.15) is 5.78 Å². The summed E-state index contributed by atoms with van der Waals surface area (Å²) >= 11 is 0. The molecular weight excluding hydrogens is 178 g/mol. The fourth-order valence-corrected chi connectivity index (χ4v) is 2.24. The number of sulfonamides is 1. The number of carbonyl (C=O) groups is 1. The van der Waals surface area contributed by atoms with Crippen molar-refractivity contribution in [3.8, 4) is 0 Å². The predicted molar refractivity (Wildman–Crippen MR) is 45.2 cm³/mol. The Morgan fingerprint density at radius 2 is 2.08 bits per heavy atom. The Bertz CT molecular complexity index is 266. The highest BCUT2D eigenvalue weighted by atomic mass is 32.2. The lowest BCUT2D eigenvalue weighted by molar-refractivity contribution is -0.116. The Morgan fingerprint density at radius 3 is 2.50 bits per heavy atom. The summed E-state index contributed by atoms with van der Waals surface area (Å²) in [6, 6.07) is 0. The Morgan fingerprint density at radius 1 is 1.50 bits per heavy atom. The normalized spacial score (nSPS) is 17.8. The Balaban J connectivity index is 2.26. The third kappa shape index (κ3) is 2.91. The fourth-order valence-electron chi connectivity index (χ4n) is 0.866. The first-order chi connectivity index (χ1) is 5.52. The summed E-state index contributed by atoms with van der Waals surface area (Å²) in [4.78, 5) is 10.5. The van der Waals surface area contributed by atoms with Crippen LogP contribution in [0.15, 0.2) is 0 Å². The van der Waals surface area contributed by atoms with Crippen LogP contribution >= 0.6 is 0 Å². The first kappa shape index (κ1) is 9.67. The summed E-state index contributed by atoms with van der Waals surface area (Å²) in [6.45, 7) is 1.69. The average molecular weight is 191 g/mol. The molecule has 1 saturated carbocycles. The van der Waals surface area contributed by atoms with Crippen molar-refractivity contribution in [2.75, 3.05) is 6.54 Å². The van der Waals surface area contributed by atoms with Gasteiger partial charge in [-0.25, -0.2) is 13.1 Å². The van der Waals surface area contributed by atoms with Crippen LogP contribution < -0.4 is 4.72 Å². The molecule has 0 spiro atoms. The van der Waals surface area contributed by atoms with Crippen molar-refractivity contribution in [2.45, 2.75) is 31.4 Å². The molecule has 0 aromatic carbocycles. The first-order valence-electron chi connectivity index (χ1n) is 4.00. The molecule has 0 aliphatic heterocycles.